The van der Waals surface area contributed by atoms with E-state index in [9.17, 15) is 0 Å². The highest BCUT2D eigenvalue weighted by molar-refractivity contribution is 5.53. The minimum absolute atomic E-state index is 0.858. The Morgan fingerprint density at radius 1 is 1.24 bits per heavy atom. The van der Waals surface area contributed by atoms with Crippen molar-refractivity contribution < 1.29 is 4.42 Å². The third kappa shape index (κ3) is 2.88. The summed E-state index contributed by atoms with van der Waals surface area (Å²) in [5.41, 5.74) is 3.75. The Morgan fingerprint density at radius 3 is 2.76 bits per heavy atom. The molecular weight excluding hydrogens is 212 g/mol. The second kappa shape index (κ2) is 5.55. The van der Waals surface area contributed by atoms with Crippen LogP contribution in [-0.2, 0) is 13.1 Å². The second-order valence-corrected chi connectivity index (χ2v) is 4.15. The van der Waals surface area contributed by atoms with Gasteiger partial charge in [0.2, 0.25) is 0 Å². The van der Waals surface area contributed by atoms with Gasteiger partial charge >= 0.3 is 0 Å². The van der Waals surface area contributed by atoms with Gasteiger partial charge in [-0.3, -0.25) is 0 Å². The van der Waals surface area contributed by atoms with Crippen molar-refractivity contribution in [3.05, 3.63) is 54.0 Å². The summed E-state index contributed by atoms with van der Waals surface area (Å²) >= 11 is 0. The number of anilines is 1. The van der Waals surface area contributed by atoms with E-state index in [2.05, 4.69) is 41.5 Å². The standard InChI is InChI=1S/C14H18N2O/c1-15-9-13-5-3-4-6-14(13)16(2)10-12-7-8-17-11-12/h3-8,11,15H,9-10H2,1-2H3. The molecule has 0 saturated heterocycles. The number of hydrogen-bond acceptors (Lipinski definition) is 3. The van der Waals surface area contributed by atoms with Crippen LogP contribution in [0.3, 0.4) is 0 Å². The predicted octanol–water partition coefficient (Wildman–Crippen LogP) is 2.64. The smallest absolute Gasteiger partial charge is 0.0952 e. The Morgan fingerprint density at radius 2 is 2.06 bits per heavy atom. The number of hydrogen-bond donors (Lipinski definition) is 1. The van der Waals surface area contributed by atoms with Crippen molar-refractivity contribution in [3.63, 3.8) is 0 Å². The fraction of sp³-hybridized carbons (Fsp3) is 0.286. The molecule has 0 radical (unpaired) electrons. The molecular formula is C14H18N2O. The zero-order valence-electron chi connectivity index (χ0n) is 10.3. The van der Waals surface area contributed by atoms with Crippen molar-refractivity contribution >= 4 is 5.69 Å². The number of nitrogens with zero attached hydrogens (tertiary/aromatic N) is 1. The van der Waals surface area contributed by atoms with Crippen molar-refractivity contribution in [1.29, 1.82) is 0 Å². The van der Waals surface area contributed by atoms with Gasteiger partial charge in [0.15, 0.2) is 0 Å². The van der Waals surface area contributed by atoms with Crippen molar-refractivity contribution in [1.82, 2.24) is 5.32 Å². The van der Waals surface area contributed by atoms with Gasteiger partial charge in [0.1, 0.15) is 0 Å². The van der Waals surface area contributed by atoms with E-state index in [-0.39, 0.29) is 0 Å². The molecule has 1 heterocycles. The Bertz CT molecular complexity index is 451. The topological polar surface area (TPSA) is 28.4 Å². The summed E-state index contributed by atoms with van der Waals surface area (Å²) < 4.78 is 5.09. The Labute approximate surface area is 102 Å². The molecule has 0 bridgehead atoms. The number of furan rings is 1. The molecule has 0 spiro atoms. The summed E-state index contributed by atoms with van der Waals surface area (Å²) in [6.07, 6.45) is 3.50. The van der Waals surface area contributed by atoms with Gasteiger partial charge in [0, 0.05) is 31.4 Å². The molecule has 0 atom stereocenters. The highest BCUT2D eigenvalue weighted by Crippen LogP contribution is 2.20. The Hall–Kier alpha value is -1.74. The van der Waals surface area contributed by atoms with Crippen LogP contribution in [0.5, 0.6) is 0 Å². The zero-order valence-corrected chi connectivity index (χ0v) is 10.3. The first kappa shape index (κ1) is 11.7. The Balaban J connectivity index is 2.15. The third-order valence-electron chi connectivity index (χ3n) is 2.77. The molecule has 1 N–H and O–H groups in total. The Kier molecular flexibility index (Phi) is 3.83. The van der Waals surface area contributed by atoms with Gasteiger partial charge in [0.05, 0.1) is 12.5 Å². The first-order valence-corrected chi connectivity index (χ1v) is 5.76. The molecule has 1 aromatic heterocycles. The molecule has 3 heteroatoms. The van der Waals surface area contributed by atoms with Gasteiger partial charge in [-0.05, 0) is 24.7 Å². The molecule has 1 aromatic carbocycles. The minimum atomic E-state index is 0.858. The third-order valence-corrected chi connectivity index (χ3v) is 2.77. The fourth-order valence-electron chi connectivity index (χ4n) is 1.96. The first-order chi connectivity index (χ1) is 8.31. The minimum Gasteiger partial charge on any atom is -0.472 e. The largest absolute Gasteiger partial charge is 0.472 e. The molecule has 0 aliphatic rings. The molecule has 0 aliphatic carbocycles. The van der Waals surface area contributed by atoms with Gasteiger partial charge in [-0.2, -0.15) is 0 Å². The average molecular weight is 230 g/mol. The van der Waals surface area contributed by atoms with E-state index in [0.717, 1.165) is 13.1 Å². The summed E-state index contributed by atoms with van der Waals surface area (Å²) in [5.74, 6) is 0. The van der Waals surface area contributed by atoms with Crippen LogP contribution in [0, 0.1) is 0 Å². The van der Waals surface area contributed by atoms with Gasteiger partial charge in [0.25, 0.3) is 0 Å². The first-order valence-electron chi connectivity index (χ1n) is 5.76. The molecule has 0 saturated carbocycles. The van der Waals surface area contributed by atoms with Crippen LogP contribution in [0.2, 0.25) is 0 Å². The van der Waals surface area contributed by atoms with Gasteiger partial charge in [-0.25, -0.2) is 0 Å². The van der Waals surface area contributed by atoms with E-state index >= 15 is 0 Å². The lowest BCUT2D eigenvalue weighted by atomic mass is 10.1. The number of nitrogens with one attached hydrogen (secondary N) is 1. The monoisotopic (exact) mass is 230 g/mol. The highest BCUT2D eigenvalue weighted by atomic mass is 16.3. The molecule has 90 valence electrons. The van der Waals surface area contributed by atoms with Gasteiger partial charge in [-0.15, -0.1) is 0 Å². The van der Waals surface area contributed by atoms with Crippen molar-refractivity contribution in [2.24, 2.45) is 0 Å². The molecule has 0 fully saturated rings. The van der Waals surface area contributed by atoms with Crippen LogP contribution in [0.4, 0.5) is 5.69 Å². The quantitative estimate of drug-likeness (QED) is 0.856. The molecule has 3 nitrogen and oxygen atoms in total. The van der Waals surface area contributed by atoms with E-state index in [4.69, 9.17) is 4.42 Å². The molecule has 0 unspecified atom stereocenters. The number of benzene rings is 1. The summed E-state index contributed by atoms with van der Waals surface area (Å²) in [6.45, 7) is 1.74. The lowest BCUT2D eigenvalue weighted by Crippen LogP contribution is -2.19. The lowest BCUT2D eigenvalue weighted by molar-refractivity contribution is 0.563. The van der Waals surface area contributed by atoms with E-state index < -0.39 is 0 Å². The predicted molar refractivity (Wildman–Crippen MR) is 70.0 cm³/mol. The number of para-hydroxylation sites is 1. The average Bonchev–Trinajstić information content (AvgIpc) is 2.83. The molecule has 0 aliphatic heterocycles. The summed E-state index contributed by atoms with van der Waals surface area (Å²) in [6, 6.07) is 10.4. The maximum atomic E-state index is 5.09. The fourth-order valence-corrected chi connectivity index (χ4v) is 1.96. The molecule has 2 rings (SSSR count). The van der Waals surface area contributed by atoms with E-state index in [0.29, 0.717) is 0 Å². The lowest BCUT2D eigenvalue weighted by Gasteiger charge is -2.21. The van der Waals surface area contributed by atoms with Crippen LogP contribution in [0.15, 0.2) is 47.3 Å². The van der Waals surface area contributed by atoms with E-state index in [1.165, 1.54) is 16.8 Å². The highest BCUT2D eigenvalue weighted by Gasteiger charge is 2.07. The van der Waals surface area contributed by atoms with E-state index in [1.807, 2.05) is 13.1 Å². The van der Waals surface area contributed by atoms with Crippen LogP contribution >= 0.6 is 0 Å². The van der Waals surface area contributed by atoms with Gasteiger partial charge < -0.3 is 14.6 Å². The van der Waals surface area contributed by atoms with Crippen LogP contribution < -0.4 is 10.2 Å². The zero-order chi connectivity index (χ0) is 12.1. The van der Waals surface area contributed by atoms with Crippen molar-refractivity contribution in [2.45, 2.75) is 13.1 Å². The molecule has 17 heavy (non-hydrogen) atoms. The SMILES string of the molecule is CNCc1ccccc1N(C)Cc1ccoc1. The van der Waals surface area contributed by atoms with Crippen LogP contribution in [-0.4, -0.2) is 14.1 Å². The summed E-state index contributed by atoms with van der Waals surface area (Å²) in [7, 11) is 4.06. The van der Waals surface area contributed by atoms with Crippen LogP contribution in [0.25, 0.3) is 0 Å². The van der Waals surface area contributed by atoms with Crippen LogP contribution in [0.1, 0.15) is 11.1 Å². The number of rotatable bonds is 5. The van der Waals surface area contributed by atoms with Crippen molar-refractivity contribution in [2.75, 3.05) is 19.0 Å². The summed E-state index contributed by atoms with van der Waals surface area (Å²) in [5, 5.41) is 3.19. The molecule has 2 aromatic rings. The normalized spacial score (nSPS) is 10.5. The maximum absolute atomic E-state index is 5.09. The van der Waals surface area contributed by atoms with E-state index in [1.54, 1.807) is 12.5 Å². The van der Waals surface area contributed by atoms with Gasteiger partial charge in [-0.1, -0.05) is 18.2 Å². The van der Waals surface area contributed by atoms with Crippen molar-refractivity contribution in [3.8, 4) is 0 Å². The maximum Gasteiger partial charge on any atom is 0.0952 e. The molecule has 0 amide bonds. The summed E-state index contributed by atoms with van der Waals surface area (Å²) in [4.78, 5) is 2.23. The second-order valence-electron chi connectivity index (χ2n) is 4.15.